The zero-order chi connectivity index (χ0) is 16.3. The van der Waals surface area contributed by atoms with Crippen molar-refractivity contribution in [3.63, 3.8) is 0 Å². The predicted molar refractivity (Wildman–Crippen MR) is 87.0 cm³/mol. The second kappa shape index (κ2) is 6.41. The molecule has 2 aromatic rings. The summed E-state index contributed by atoms with van der Waals surface area (Å²) in [6.07, 6.45) is 2.37. The van der Waals surface area contributed by atoms with Crippen LogP contribution in [0.1, 0.15) is 24.0 Å². The van der Waals surface area contributed by atoms with Crippen LogP contribution in [0.5, 0.6) is 5.75 Å². The summed E-state index contributed by atoms with van der Waals surface area (Å²) in [6.45, 7) is 0.543. The highest BCUT2D eigenvalue weighted by Gasteiger charge is 2.52. The van der Waals surface area contributed by atoms with Gasteiger partial charge in [0.25, 0.3) is 0 Å². The van der Waals surface area contributed by atoms with Crippen LogP contribution in [0.3, 0.4) is 0 Å². The Hall–Kier alpha value is -2.36. The van der Waals surface area contributed by atoms with Crippen molar-refractivity contribution >= 4 is 5.91 Å². The molecule has 1 aliphatic carbocycles. The van der Waals surface area contributed by atoms with Gasteiger partial charge in [0, 0.05) is 12.1 Å². The zero-order valence-electron chi connectivity index (χ0n) is 13.1. The first-order chi connectivity index (χ1) is 11.2. The second-order valence-corrected chi connectivity index (χ2v) is 5.91. The van der Waals surface area contributed by atoms with Crippen molar-refractivity contribution in [2.45, 2.75) is 24.7 Å². The van der Waals surface area contributed by atoms with Gasteiger partial charge in [-0.3, -0.25) is 4.79 Å². The summed E-state index contributed by atoms with van der Waals surface area (Å²) >= 11 is 0. The van der Waals surface area contributed by atoms with Gasteiger partial charge in [-0.05, 0) is 43.0 Å². The summed E-state index contributed by atoms with van der Waals surface area (Å²) in [7, 11) is 1.63. The number of para-hydroxylation sites is 1. The van der Waals surface area contributed by atoms with Gasteiger partial charge in [0.15, 0.2) is 0 Å². The molecular formula is C19H20FNO2. The molecule has 0 aliphatic heterocycles. The number of benzene rings is 2. The van der Waals surface area contributed by atoms with E-state index in [2.05, 4.69) is 5.32 Å². The van der Waals surface area contributed by atoms with E-state index in [1.807, 2.05) is 24.3 Å². The van der Waals surface area contributed by atoms with Crippen molar-refractivity contribution in [2.75, 3.05) is 13.7 Å². The highest BCUT2D eigenvalue weighted by molar-refractivity contribution is 5.92. The summed E-state index contributed by atoms with van der Waals surface area (Å²) < 4.78 is 18.3. The third-order valence-electron chi connectivity index (χ3n) is 4.42. The van der Waals surface area contributed by atoms with E-state index in [4.69, 9.17) is 4.74 Å². The quantitative estimate of drug-likeness (QED) is 0.889. The summed E-state index contributed by atoms with van der Waals surface area (Å²) in [5.41, 5.74) is 1.52. The molecule has 1 saturated carbocycles. The molecule has 1 N–H and O–H groups in total. The second-order valence-electron chi connectivity index (χ2n) is 5.91. The molecule has 120 valence electrons. The van der Waals surface area contributed by atoms with E-state index in [1.54, 1.807) is 19.2 Å². The molecule has 1 amide bonds. The summed E-state index contributed by atoms with van der Waals surface area (Å²) in [6, 6.07) is 14.1. The van der Waals surface area contributed by atoms with E-state index in [1.165, 1.54) is 12.1 Å². The topological polar surface area (TPSA) is 38.3 Å². The maximum absolute atomic E-state index is 12.9. The van der Waals surface area contributed by atoms with Crippen molar-refractivity contribution in [1.29, 1.82) is 0 Å². The first-order valence-electron chi connectivity index (χ1n) is 7.82. The normalized spacial score (nSPS) is 15.0. The van der Waals surface area contributed by atoms with E-state index in [9.17, 15) is 9.18 Å². The van der Waals surface area contributed by atoms with Crippen LogP contribution in [0.2, 0.25) is 0 Å². The van der Waals surface area contributed by atoms with Gasteiger partial charge in [0.05, 0.1) is 12.5 Å². The number of methoxy groups -OCH3 is 1. The van der Waals surface area contributed by atoms with Gasteiger partial charge in [-0.25, -0.2) is 4.39 Å². The Morgan fingerprint density at radius 3 is 2.52 bits per heavy atom. The Kier molecular flexibility index (Phi) is 4.33. The number of carbonyl (C=O) groups excluding carboxylic acids is 1. The molecule has 0 saturated heterocycles. The largest absolute Gasteiger partial charge is 0.496 e. The Labute approximate surface area is 135 Å². The molecular weight excluding hydrogens is 293 g/mol. The smallest absolute Gasteiger partial charge is 0.230 e. The number of ether oxygens (including phenoxy) is 1. The molecule has 0 heterocycles. The molecule has 0 bridgehead atoms. The molecule has 2 aromatic carbocycles. The molecule has 4 heteroatoms. The molecule has 0 unspecified atom stereocenters. The highest BCUT2D eigenvalue weighted by atomic mass is 19.1. The van der Waals surface area contributed by atoms with Crippen LogP contribution in [0.15, 0.2) is 48.5 Å². The van der Waals surface area contributed by atoms with Crippen molar-refractivity contribution in [3.05, 3.63) is 65.5 Å². The van der Waals surface area contributed by atoms with Crippen LogP contribution in [-0.2, 0) is 16.6 Å². The number of hydrogen-bond donors (Lipinski definition) is 1. The summed E-state index contributed by atoms with van der Waals surface area (Å²) in [5.74, 6) is 0.564. The van der Waals surface area contributed by atoms with Crippen LogP contribution < -0.4 is 10.1 Å². The molecule has 3 nitrogen and oxygen atoms in total. The van der Waals surface area contributed by atoms with Crippen LogP contribution in [0.4, 0.5) is 4.39 Å². The van der Waals surface area contributed by atoms with Gasteiger partial charge in [0.1, 0.15) is 11.6 Å². The molecule has 23 heavy (non-hydrogen) atoms. The van der Waals surface area contributed by atoms with Crippen LogP contribution in [0, 0.1) is 5.82 Å². The van der Waals surface area contributed by atoms with Crippen molar-refractivity contribution in [2.24, 2.45) is 0 Å². The monoisotopic (exact) mass is 313 g/mol. The van der Waals surface area contributed by atoms with E-state index in [0.29, 0.717) is 13.0 Å². The minimum absolute atomic E-state index is 0.0455. The lowest BCUT2D eigenvalue weighted by Crippen LogP contribution is -2.36. The Bertz CT molecular complexity index is 693. The number of amides is 1. The molecule has 0 atom stereocenters. The summed E-state index contributed by atoms with van der Waals surface area (Å²) in [4.78, 5) is 12.6. The predicted octanol–water partition coefficient (Wildman–Crippen LogP) is 3.22. The fourth-order valence-corrected chi connectivity index (χ4v) is 2.92. The minimum Gasteiger partial charge on any atom is -0.496 e. The van der Waals surface area contributed by atoms with Gasteiger partial charge in [-0.15, -0.1) is 0 Å². The number of halogens is 1. The Morgan fingerprint density at radius 2 is 1.87 bits per heavy atom. The highest BCUT2D eigenvalue weighted by Crippen LogP contribution is 2.51. The molecule has 1 fully saturated rings. The van der Waals surface area contributed by atoms with Gasteiger partial charge in [-0.1, -0.05) is 30.3 Å². The molecule has 0 radical (unpaired) electrons. The van der Waals surface area contributed by atoms with Crippen molar-refractivity contribution in [3.8, 4) is 5.75 Å². The van der Waals surface area contributed by atoms with Gasteiger partial charge >= 0.3 is 0 Å². The SMILES string of the molecule is COc1ccccc1C1(C(=O)NCCc2ccc(F)cc2)CC1. The maximum Gasteiger partial charge on any atom is 0.230 e. The van der Waals surface area contributed by atoms with Gasteiger partial charge < -0.3 is 10.1 Å². The maximum atomic E-state index is 12.9. The molecule has 3 rings (SSSR count). The van der Waals surface area contributed by atoms with Crippen LogP contribution in [0.25, 0.3) is 0 Å². The lowest BCUT2D eigenvalue weighted by atomic mass is 9.94. The van der Waals surface area contributed by atoms with E-state index >= 15 is 0 Å². The van der Waals surface area contributed by atoms with Gasteiger partial charge in [-0.2, -0.15) is 0 Å². The first-order valence-corrected chi connectivity index (χ1v) is 7.82. The number of nitrogens with one attached hydrogen (secondary N) is 1. The number of hydrogen-bond acceptors (Lipinski definition) is 2. The third-order valence-corrected chi connectivity index (χ3v) is 4.42. The number of carbonyl (C=O) groups is 1. The van der Waals surface area contributed by atoms with Crippen molar-refractivity contribution < 1.29 is 13.9 Å². The molecule has 1 aliphatic rings. The van der Waals surface area contributed by atoms with Crippen LogP contribution >= 0.6 is 0 Å². The lowest BCUT2D eigenvalue weighted by Gasteiger charge is -2.18. The molecule has 0 spiro atoms. The Balaban J connectivity index is 1.63. The van der Waals surface area contributed by atoms with E-state index in [-0.39, 0.29) is 11.7 Å². The van der Waals surface area contributed by atoms with Crippen LogP contribution in [-0.4, -0.2) is 19.6 Å². The fraction of sp³-hybridized carbons (Fsp3) is 0.316. The van der Waals surface area contributed by atoms with Gasteiger partial charge in [0.2, 0.25) is 5.91 Å². The average molecular weight is 313 g/mol. The van der Waals surface area contributed by atoms with E-state index < -0.39 is 5.41 Å². The summed E-state index contributed by atoms with van der Waals surface area (Å²) in [5, 5.41) is 3.01. The van der Waals surface area contributed by atoms with Crippen molar-refractivity contribution in [1.82, 2.24) is 5.32 Å². The first kappa shape index (κ1) is 15.5. The Morgan fingerprint density at radius 1 is 1.17 bits per heavy atom. The number of rotatable bonds is 6. The lowest BCUT2D eigenvalue weighted by molar-refractivity contribution is -0.123. The van der Waals surface area contributed by atoms with E-state index in [0.717, 1.165) is 29.7 Å². The average Bonchev–Trinajstić information content (AvgIpc) is 3.38. The standard InChI is InChI=1S/C19H20FNO2/c1-23-17-5-3-2-4-16(17)19(11-12-19)18(22)21-13-10-14-6-8-15(20)9-7-14/h2-9H,10-13H2,1H3,(H,21,22). The minimum atomic E-state index is -0.449. The zero-order valence-corrected chi connectivity index (χ0v) is 13.1. The molecule has 0 aromatic heterocycles. The third kappa shape index (κ3) is 3.21. The fourth-order valence-electron chi connectivity index (χ4n) is 2.92.